The second-order valence-corrected chi connectivity index (χ2v) is 4.36. The van der Waals surface area contributed by atoms with E-state index in [2.05, 4.69) is 0 Å². The van der Waals surface area contributed by atoms with E-state index in [1.165, 1.54) is 6.07 Å². The average molecular weight is 270 g/mol. The van der Waals surface area contributed by atoms with E-state index < -0.39 is 16.4 Å². The summed E-state index contributed by atoms with van der Waals surface area (Å²) < 4.78 is 13.9. The van der Waals surface area contributed by atoms with Gasteiger partial charge in [-0.2, -0.15) is 4.39 Å². The number of rotatable bonds is 8. The molecule has 106 valence electrons. The van der Waals surface area contributed by atoms with Crippen LogP contribution in [0, 0.1) is 15.9 Å². The number of benzene rings is 1. The Balaban J connectivity index is 2.83. The van der Waals surface area contributed by atoms with Gasteiger partial charge in [0.05, 0.1) is 11.5 Å². The Bertz CT molecular complexity index is 426. The molecule has 0 atom stereocenters. The van der Waals surface area contributed by atoms with E-state index >= 15 is 0 Å². The topological polar surface area (TPSA) is 66.6 Å². The Labute approximate surface area is 111 Å². The van der Waals surface area contributed by atoms with Crippen molar-refractivity contribution in [2.45, 2.75) is 26.3 Å². The number of nitro benzene ring substituents is 1. The van der Waals surface area contributed by atoms with E-state index in [0.717, 1.165) is 25.5 Å². The summed E-state index contributed by atoms with van der Waals surface area (Å²) in [5, 5.41) is 19.7. The summed E-state index contributed by atoms with van der Waals surface area (Å²) in [6.45, 7) is 3.47. The smallest absolute Gasteiger partial charge is 0.305 e. The number of aliphatic hydroxyl groups excluding tert-OH is 1. The van der Waals surface area contributed by atoms with Crippen molar-refractivity contribution in [3.05, 3.63) is 39.7 Å². The lowest BCUT2D eigenvalue weighted by Gasteiger charge is -2.21. The van der Waals surface area contributed by atoms with Gasteiger partial charge < -0.3 is 5.11 Å². The van der Waals surface area contributed by atoms with Crippen molar-refractivity contribution in [1.29, 1.82) is 0 Å². The predicted molar refractivity (Wildman–Crippen MR) is 70.3 cm³/mol. The molecule has 0 aromatic heterocycles. The van der Waals surface area contributed by atoms with Gasteiger partial charge in [-0.05, 0) is 13.0 Å². The predicted octanol–water partition coefficient (Wildman–Crippen LogP) is 2.33. The maximum absolute atomic E-state index is 13.9. The summed E-state index contributed by atoms with van der Waals surface area (Å²) in [7, 11) is 0. The van der Waals surface area contributed by atoms with Gasteiger partial charge in [-0.1, -0.05) is 25.5 Å². The zero-order valence-electron chi connectivity index (χ0n) is 11.0. The lowest BCUT2D eigenvalue weighted by Crippen LogP contribution is -2.28. The first-order valence-electron chi connectivity index (χ1n) is 6.35. The molecule has 0 bridgehead atoms. The van der Waals surface area contributed by atoms with Crippen LogP contribution in [0.1, 0.15) is 25.3 Å². The molecule has 0 fully saturated rings. The largest absolute Gasteiger partial charge is 0.395 e. The van der Waals surface area contributed by atoms with Crippen LogP contribution in [0.25, 0.3) is 0 Å². The molecule has 0 heterocycles. The maximum Gasteiger partial charge on any atom is 0.305 e. The molecule has 0 radical (unpaired) electrons. The average Bonchev–Trinajstić information content (AvgIpc) is 2.38. The highest BCUT2D eigenvalue weighted by atomic mass is 19.1. The molecule has 0 saturated heterocycles. The lowest BCUT2D eigenvalue weighted by molar-refractivity contribution is -0.387. The highest BCUT2D eigenvalue weighted by Crippen LogP contribution is 2.21. The number of unbranched alkanes of at least 4 members (excludes halogenated alkanes) is 1. The van der Waals surface area contributed by atoms with Crippen LogP contribution >= 0.6 is 0 Å². The van der Waals surface area contributed by atoms with E-state index in [-0.39, 0.29) is 13.2 Å². The zero-order chi connectivity index (χ0) is 14.3. The van der Waals surface area contributed by atoms with Crippen LogP contribution in [0.3, 0.4) is 0 Å². The van der Waals surface area contributed by atoms with E-state index in [0.29, 0.717) is 12.1 Å². The molecular formula is C13H19FN2O3. The second kappa shape index (κ2) is 7.81. The molecule has 1 aromatic rings. The van der Waals surface area contributed by atoms with Crippen LogP contribution in [0.5, 0.6) is 0 Å². The van der Waals surface area contributed by atoms with Gasteiger partial charge in [0.1, 0.15) is 0 Å². The molecule has 6 heteroatoms. The van der Waals surface area contributed by atoms with Gasteiger partial charge in [0.25, 0.3) is 0 Å². The number of nitrogens with zero attached hydrogens (tertiary/aromatic N) is 2. The zero-order valence-corrected chi connectivity index (χ0v) is 11.0. The third-order valence-corrected chi connectivity index (χ3v) is 2.89. The van der Waals surface area contributed by atoms with Crippen molar-refractivity contribution in [2.24, 2.45) is 0 Å². The molecule has 5 nitrogen and oxygen atoms in total. The summed E-state index contributed by atoms with van der Waals surface area (Å²) in [6, 6.07) is 4.17. The third kappa shape index (κ3) is 4.57. The standard InChI is InChI=1S/C13H19FN2O3/c1-2-3-7-15(8-9-17)10-11-5-4-6-12(13(11)14)16(18)19/h4-6,17H,2-3,7-10H2,1H3. The van der Waals surface area contributed by atoms with Gasteiger partial charge in [-0.25, -0.2) is 0 Å². The molecule has 0 aliphatic rings. The fraction of sp³-hybridized carbons (Fsp3) is 0.538. The molecule has 0 saturated carbocycles. The van der Waals surface area contributed by atoms with Crippen LogP contribution in [-0.4, -0.2) is 34.6 Å². The van der Waals surface area contributed by atoms with Gasteiger partial charge >= 0.3 is 5.69 Å². The number of aliphatic hydroxyl groups is 1. The molecule has 0 amide bonds. The van der Waals surface area contributed by atoms with Gasteiger partial charge in [0.2, 0.25) is 5.82 Å². The Morgan fingerprint density at radius 3 is 2.74 bits per heavy atom. The SMILES string of the molecule is CCCCN(CCO)Cc1cccc([N+](=O)[O-])c1F. The molecule has 19 heavy (non-hydrogen) atoms. The summed E-state index contributed by atoms with van der Waals surface area (Å²) in [5.41, 5.74) is -0.212. The summed E-state index contributed by atoms with van der Waals surface area (Å²) in [4.78, 5) is 11.8. The highest BCUT2D eigenvalue weighted by molar-refractivity contribution is 5.36. The molecule has 0 aliphatic carbocycles. The van der Waals surface area contributed by atoms with Gasteiger partial charge in [-0.15, -0.1) is 0 Å². The molecule has 1 N–H and O–H groups in total. The van der Waals surface area contributed by atoms with Crippen LogP contribution in [0.15, 0.2) is 18.2 Å². The van der Waals surface area contributed by atoms with Crippen LogP contribution in [-0.2, 0) is 6.54 Å². The first-order valence-corrected chi connectivity index (χ1v) is 6.35. The molecular weight excluding hydrogens is 251 g/mol. The number of halogens is 1. The van der Waals surface area contributed by atoms with Gasteiger partial charge in [0.15, 0.2) is 0 Å². The van der Waals surface area contributed by atoms with Crippen molar-refractivity contribution >= 4 is 5.69 Å². The summed E-state index contributed by atoms with van der Waals surface area (Å²) in [6.07, 6.45) is 1.94. The van der Waals surface area contributed by atoms with Crippen LogP contribution in [0.2, 0.25) is 0 Å². The van der Waals surface area contributed by atoms with E-state index in [1.807, 2.05) is 11.8 Å². The summed E-state index contributed by atoms with van der Waals surface area (Å²) in [5.74, 6) is -0.785. The highest BCUT2D eigenvalue weighted by Gasteiger charge is 2.18. The summed E-state index contributed by atoms with van der Waals surface area (Å²) >= 11 is 0. The molecule has 1 aromatic carbocycles. The Morgan fingerprint density at radius 2 is 2.16 bits per heavy atom. The number of hydrogen-bond acceptors (Lipinski definition) is 4. The van der Waals surface area contributed by atoms with Crippen molar-refractivity contribution < 1.29 is 14.4 Å². The van der Waals surface area contributed by atoms with Crippen molar-refractivity contribution in [3.8, 4) is 0 Å². The van der Waals surface area contributed by atoms with Crippen LogP contribution < -0.4 is 0 Å². The van der Waals surface area contributed by atoms with Crippen molar-refractivity contribution in [3.63, 3.8) is 0 Å². The number of nitro groups is 1. The molecule has 0 spiro atoms. The van der Waals surface area contributed by atoms with Gasteiger partial charge in [-0.3, -0.25) is 15.0 Å². The monoisotopic (exact) mass is 270 g/mol. The fourth-order valence-corrected chi connectivity index (χ4v) is 1.86. The second-order valence-electron chi connectivity index (χ2n) is 4.36. The van der Waals surface area contributed by atoms with Crippen molar-refractivity contribution in [2.75, 3.05) is 19.7 Å². The Morgan fingerprint density at radius 1 is 1.42 bits per heavy atom. The molecule has 0 aliphatic heterocycles. The van der Waals surface area contributed by atoms with E-state index in [9.17, 15) is 14.5 Å². The Hall–Kier alpha value is -1.53. The lowest BCUT2D eigenvalue weighted by atomic mass is 10.1. The third-order valence-electron chi connectivity index (χ3n) is 2.89. The minimum Gasteiger partial charge on any atom is -0.395 e. The van der Waals surface area contributed by atoms with Crippen molar-refractivity contribution in [1.82, 2.24) is 4.90 Å². The molecule has 1 rings (SSSR count). The normalized spacial score (nSPS) is 10.9. The van der Waals surface area contributed by atoms with Gasteiger partial charge in [0, 0.05) is 24.7 Å². The van der Waals surface area contributed by atoms with E-state index in [4.69, 9.17) is 5.11 Å². The first kappa shape index (κ1) is 15.5. The Kier molecular flexibility index (Phi) is 6.38. The minimum atomic E-state index is -0.785. The number of hydrogen-bond donors (Lipinski definition) is 1. The minimum absolute atomic E-state index is 0.0136. The van der Waals surface area contributed by atoms with E-state index in [1.54, 1.807) is 6.07 Å². The maximum atomic E-state index is 13.9. The molecule has 0 unspecified atom stereocenters. The fourth-order valence-electron chi connectivity index (χ4n) is 1.86. The van der Waals surface area contributed by atoms with Crippen LogP contribution in [0.4, 0.5) is 10.1 Å². The quantitative estimate of drug-likeness (QED) is 0.581. The first-order chi connectivity index (χ1) is 9.10.